The van der Waals surface area contributed by atoms with Gasteiger partial charge in [-0.25, -0.2) is 9.97 Å². The van der Waals surface area contributed by atoms with Gasteiger partial charge in [-0.05, 0) is 35.3 Å². The Morgan fingerprint density at radius 3 is 2.86 bits per heavy atom. The lowest BCUT2D eigenvalue weighted by Gasteiger charge is -2.10. The number of nitrogens with one attached hydrogen (secondary N) is 2. The van der Waals surface area contributed by atoms with Crippen LogP contribution in [0.25, 0.3) is 0 Å². The number of anilines is 1. The van der Waals surface area contributed by atoms with E-state index in [2.05, 4.69) is 43.5 Å². The summed E-state index contributed by atoms with van der Waals surface area (Å²) in [5, 5.41) is 5.92. The Labute approximate surface area is 131 Å². The topological polar surface area (TPSA) is 80.0 Å². The second kappa shape index (κ2) is 7.21. The quantitative estimate of drug-likeness (QED) is 0.835. The summed E-state index contributed by atoms with van der Waals surface area (Å²) in [6.07, 6.45) is 4.23. The van der Waals surface area contributed by atoms with E-state index in [1.807, 2.05) is 6.92 Å². The number of nitrogens with zero attached hydrogens (tertiary/aromatic N) is 2. The van der Waals surface area contributed by atoms with Crippen LogP contribution < -0.4 is 10.6 Å². The number of oxazole rings is 1. The second-order valence-electron chi connectivity index (χ2n) is 4.52. The van der Waals surface area contributed by atoms with Gasteiger partial charge in [0.1, 0.15) is 11.6 Å². The van der Waals surface area contributed by atoms with Crippen LogP contribution in [0.2, 0.25) is 0 Å². The molecule has 0 aliphatic heterocycles. The van der Waals surface area contributed by atoms with E-state index in [0.29, 0.717) is 23.0 Å². The molecule has 0 aliphatic rings. The SMILES string of the molecule is CCCNc1ncc(Br)cc1C(=O)NCc1ncc(C)o1. The number of carbonyl (C=O) groups excluding carboxylic acids is 1. The lowest BCUT2D eigenvalue weighted by atomic mass is 10.2. The van der Waals surface area contributed by atoms with Crippen molar-refractivity contribution in [2.75, 3.05) is 11.9 Å². The molecule has 0 bridgehead atoms. The molecule has 2 heterocycles. The zero-order valence-corrected chi connectivity index (χ0v) is 13.5. The Bertz CT molecular complexity index is 627. The first kappa shape index (κ1) is 15.5. The zero-order valence-electron chi connectivity index (χ0n) is 11.9. The van der Waals surface area contributed by atoms with Crippen LogP contribution in [0.15, 0.2) is 27.3 Å². The summed E-state index contributed by atoms with van der Waals surface area (Å²) in [7, 11) is 0. The number of aryl methyl sites for hydroxylation is 1. The molecule has 0 fully saturated rings. The van der Waals surface area contributed by atoms with E-state index in [1.165, 1.54) is 0 Å². The maximum Gasteiger partial charge on any atom is 0.255 e. The number of carbonyl (C=O) groups is 1. The number of pyridine rings is 1. The second-order valence-corrected chi connectivity index (χ2v) is 5.44. The summed E-state index contributed by atoms with van der Waals surface area (Å²) in [4.78, 5) is 20.6. The Morgan fingerprint density at radius 1 is 1.38 bits per heavy atom. The molecule has 0 radical (unpaired) electrons. The smallest absolute Gasteiger partial charge is 0.255 e. The highest BCUT2D eigenvalue weighted by Crippen LogP contribution is 2.18. The highest BCUT2D eigenvalue weighted by molar-refractivity contribution is 9.10. The summed E-state index contributed by atoms with van der Waals surface area (Å²) >= 11 is 3.33. The predicted molar refractivity (Wildman–Crippen MR) is 83.1 cm³/mol. The lowest BCUT2D eigenvalue weighted by molar-refractivity contribution is 0.0947. The molecule has 112 valence electrons. The predicted octanol–water partition coefficient (Wildman–Crippen LogP) is 2.89. The molecule has 0 aliphatic carbocycles. The third-order valence-electron chi connectivity index (χ3n) is 2.71. The standard InChI is InChI=1S/C14H17BrN4O2/c1-3-4-16-13-11(5-10(15)7-18-13)14(20)19-8-12-17-6-9(2)21-12/h5-7H,3-4,8H2,1-2H3,(H,16,18)(H,19,20). The fourth-order valence-electron chi connectivity index (χ4n) is 1.73. The first-order valence-electron chi connectivity index (χ1n) is 6.69. The van der Waals surface area contributed by atoms with Gasteiger partial charge in [0.2, 0.25) is 5.89 Å². The zero-order chi connectivity index (χ0) is 15.2. The molecule has 2 aromatic heterocycles. The Balaban J connectivity index is 2.08. The van der Waals surface area contributed by atoms with E-state index in [4.69, 9.17) is 4.42 Å². The summed E-state index contributed by atoms with van der Waals surface area (Å²) in [5.41, 5.74) is 0.487. The number of amides is 1. The van der Waals surface area contributed by atoms with Gasteiger partial charge in [0, 0.05) is 17.2 Å². The molecule has 2 aromatic rings. The summed E-state index contributed by atoms with van der Waals surface area (Å²) < 4.78 is 6.07. The summed E-state index contributed by atoms with van der Waals surface area (Å²) in [6, 6.07) is 1.74. The van der Waals surface area contributed by atoms with Gasteiger partial charge in [0.05, 0.1) is 18.3 Å². The molecule has 2 rings (SSSR count). The van der Waals surface area contributed by atoms with Crippen LogP contribution in [0.5, 0.6) is 0 Å². The Morgan fingerprint density at radius 2 is 2.19 bits per heavy atom. The highest BCUT2D eigenvalue weighted by Gasteiger charge is 2.14. The summed E-state index contributed by atoms with van der Waals surface area (Å²) in [6.45, 7) is 4.86. The van der Waals surface area contributed by atoms with Gasteiger partial charge >= 0.3 is 0 Å². The molecule has 0 atom stereocenters. The number of aromatic nitrogens is 2. The maximum atomic E-state index is 12.3. The molecule has 0 spiro atoms. The number of hydrogen-bond donors (Lipinski definition) is 2. The van der Waals surface area contributed by atoms with E-state index in [9.17, 15) is 4.79 Å². The minimum absolute atomic E-state index is 0.224. The molecule has 0 saturated carbocycles. The van der Waals surface area contributed by atoms with E-state index in [1.54, 1.807) is 18.5 Å². The van der Waals surface area contributed by atoms with E-state index in [-0.39, 0.29) is 12.5 Å². The minimum atomic E-state index is -0.224. The number of rotatable bonds is 6. The molecule has 0 saturated heterocycles. The van der Waals surface area contributed by atoms with Crippen molar-refractivity contribution < 1.29 is 9.21 Å². The third kappa shape index (κ3) is 4.29. The average molecular weight is 353 g/mol. The Hall–Kier alpha value is -1.89. The van der Waals surface area contributed by atoms with Crippen LogP contribution in [-0.2, 0) is 6.54 Å². The van der Waals surface area contributed by atoms with Crippen LogP contribution in [0.3, 0.4) is 0 Å². The molecule has 0 unspecified atom stereocenters. The van der Waals surface area contributed by atoms with Crippen LogP contribution in [0.1, 0.15) is 35.4 Å². The van der Waals surface area contributed by atoms with Crippen LogP contribution in [0, 0.1) is 6.92 Å². The van der Waals surface area contributed by atoms with Gasteiger partial charge in [0.25, 0.3) is 5.91 Å². The van der Waals surface area contributed by atoms with Gasteiger partial charge in [-0.2, -0.15) is 0 Å². The van der Waals surface area contributed by atoms with Crippen molar-refractivity contribution in [3.8, 4) is 0 Å². The monoisotopic (exact) mass is 352 g/mol. The van der Waals surface area contributed by atoms with Crippen molar-refractivity contribution in [3.05, 3.63) is 40.1 Å². The van der Waals surface area contributed by atoms with Crippen molar-refractivity contribution in [3.63, 3.8) is 0 Å². The van der Waals surface area contributed by atoms with Gasteiger partial charge in [-0.3, -0.25) is 4.79 Å². The van der Waals surface area contributed by atoms with Gasteiger partial charge in [0.15, 0.2) is 0 Å². The fourth-order valence-corrected chi connectivity index (χ4v) is 2.06. The van der Waals surface area contributed by atoms with Gasteiger partial charge in [-0.1, -0.05) is 6.92 Å². The van der Waals surface area contributed by atoms with E-state index in [0.717, 1.165) is 17.4 Å². The van der Waals surface area contributed by atoms with Crippen molar-refractivity contribution in [1.29, 1.82) is 0 Å². The van der Waals surface area contributed by atoms with Crippen molar-refractivity contribution >= 4 is 27.7 Å². The first-order chi connectivity index (χ1) is 10.1. The van der Waals surface area contributed by atoms with Crippen LogP contribution >= 0.6 is 15.9 Å². The molecule has 1 amide bonds. The number of hydrogen-bond acceptors (Lipinski definition) is 5. The first-order valence-corrected chi connectivity index (χ1v) is 7.48. The fraction of sp³-hybridized carbons (Fsp3) is 0.357. The maximum absolute atomic E-state index is 12.3. The average Bonchev–Trinajstić information content (AvgIpc) is 2.89. The molecule has 0 aromatic carbocycles. The summed E-state index contributed by atoms with van der Waals surface area (Å²) in [5.74, 6) is 1.54. The molecular weight excluding hydrogens is 336 g/mol. The van der Waals surface area contributed by atoms with E-state index >= 15 is 0 Å². The largest absolute Gasteiger partial charge is 0.444 e. The van der Waals surface area contributed by atoms with E-state index < -0.39 is 0 Å². The number of halogens is 1. The van der Waals surface area contributed by atoms with Crippen molar-refractivity contribution in [1.82, 2.24) is 15.3 Å². The Kier molecular flexibility index (Phi) is 5.32. The van der Waals surface area contributed by atoms with Crippen LogP contribution in [-0.4, -0.2) is 22.4 Å². The van der Waals surface area contributed by atoms with Crippen molar-refractivity contribution in [2.45, 2.75) is 26.8 Å². The molecule has 2 N–H and O–H groups in total. The van der Waals surface area contributed by atoms with Gasteiger partial charge in [-0.15, -0.1) is 0 Å². The molecular formula is C14H17BrN4O2. The molecule has 21 heavy (non-hydrogen) atoms. The lowest BCUT2D eigenvalue weighted by Crippen LogP contribution is -2.24. The normalized spacial score (nSPS) is 10.4. The molecule has 6 nitrogen and oxygen atoms in total. The van der Waals surface area contributed by atoms with Crippen molar-refractivity contribution in [2.24, 2.45) is 0 Å². The molecule has 7 heteroatoms. The highest BCUT2D eigenvalue weighted by atomic mass is 79.9. The van der Waals surface area contributed by atoms with Crippen LogP contribution in [0.4, 0.5) is 5.82 Å². The minimum Gasteiger partial charge on any atom is -0.444 e. The third-order valence-corrected chi connectivity index (χ3v) is 3.14. The van der Waals surface area contributed by atoms with Gasteiger partial charge < -0.3 is 15.1 Å².